The molecule has 0 aromatic heterocycles. The Morgan fingerprint density at radius 2 is 1.90 bits per heavy atom. The molecular formula is C17H20BrNS. The maximum Gasteiger partial charge on any atom is 0.0328 e. The monoisotopic (exact) mass is 349 g/mol. The Morgan fingerprint density at radius 1 is 1.10 bits per heavy atom. The highest BCUT2D eigenvalue weighted by Crippen LogP contribution is 2.35. The smallest absolute Gasteiger partial charge is 0.0328 e. The van der Waals surface area contributed by atoms with Gasteiger partial charge in [-0.25, -0.2) is 0 Å². The third-order valence-electron chi connectivity index (χ3n) is 3.18. The molecule has 0 aliphatic heterocycles. The molecule has 0 radical (unpaired) electrons. The number of halogens is 1. The van der Waals surface area contributed by atoms with Crippen LogP contribution in [0.15, 0.2) is 62.8 Å². The summed E-state index contributed by atoms with van der Waals surface area (Å²) in [4.78, 5) is 2.59. The predicted molar refractivity (Wildman–Crippen MR) is 91.4 cm³/mol. The fourth-order valence-electron chi connectivity index (χ4n) is 2.24. The van der Waals surface area contributed by atoms with Gasteiger partial charge in [0.25, 0.3) is 0 Å². The predicted octanol–water partition coefficient (Wildman–Crippen LogP) is 5.66. The number of hydrogen-bond donors (Lipinski definition) is 1. The summed E-state index contributed by atoms with van der Waals surface area (Å²) in [6.45, 7) is 5.38. The van der Waals surface area contributed by atoms with Crippen LogP contribution in [-0.2, 0) is 0 Å². The first kappa shape index (κ1) is 15.6. The van der Waals surface area contributed by atoms with Gasteiger partial charge in [0.15, 0.2) is 0 Å². The molecule has 2 aromatic rings. The molecule has 0 saturated carbocycles. The maximum absolute atomic E-state index is 3.56. The van der Waals surface area contributed by atoms with Gasteiger partial charge < -0.3 is 5.32 Å². The first-order chi connectivity index (χ1) is 9.74. The van der Waals surface area contributed by atoms with E-state index < -0.39 is 0 Å². The molecule has 1 nitrogen and oxygen atoms in total. The quantitative estimate of drug-likeness (QED) is 0.721. The molecule has 20 heavy (non-hydrogen) atoms. The zero-order chi connectivity index (χ0) is 14.4. The van der Waals surface area contributed by atoms with Gasteiger partial charge in [0.1, 0.15) is 0 Å². The van der Waals surface area contributed by atoms with E-state index in [9.17, 15) is 0 Å². The lowest BCUT2D eigenvalue weighted by Gasteiger charge is -2.19. The minimum atomic E-state index is 0.427. The van der Waals surface area contributed by atoms with Crippen molar-refractivity contribution >= 4 is 27.7 Å². The van der Waals surface area contributed by atoms with Crippen LogP contribution in [0.1, 0.15) is 31.9 Å². The average Bonchev–Trinajstić information content (AvgIpc) is 2.46. The van der Waals surface area contributed by atoms with Crippen molar-refractivity contribution in [2.24, 2.45) is 0 Å². The van der Waals surface area contributed by atoms with Crippen LogP contribution in [0.25, 0.3) is 0 Å². The van der Waals surface area contributed by atoms with Crippen LogP contribution in [0.5, 0.6) is 0 Å². The van der Waals surface area contributed by atoms with Gasteiger partial charge >= 0.3 is 0 Å². The molecule has 1 N–H and O–H groups in total. The van der Waals surface area contributed by atoms with E-state index in [1.54, 1.807) is 0 Å². The molecule has 1 unspecified atom stereocenters. The number of benzene rings is 2. The highest BCUT2D eigenvalue weighted by Gasteiger charge is 2.12. The van der Waals surface area contributed by atoms with E-state index in [1.807, 2.05) is 11.8 Å². The first-order valence-corrected chi connectivity index (χ1v) is 8.61. The zero-order valence-electron chi connectivity index (χ0n) is 11.9. The lowest BCUT2D eigenvalue weighted by Crippen LogP contribution is -2.20. The highest BCUT2D eigenvalue weighted by molar-refractivity contribution is 9.10. The molecule has 0 fully saturated rings. The molecular weight excluding hydrogens is 330 g/mol. The van der Waals surface area contributed by atoms with Crippen LogP contribution in [0.2, 0.25) is 0 Å². The van der Waals surface area contributed by atoms with E-state index >= 15 is 0 Å². The standard InChI is InChI=1S/C17H20BrNS/c1-3-16(19-4-2)15-10-5-6-11-17(15)20-14-9-7-8-13(18)12-14/h5-12,16,19H,3-4H2,1-2H3. The lowest BCUT2D eigenvalue weighted by atomic mass is 10.0. The molecule has 0 heterocycles. The fraction of sp³-hybridized carbons (Fsp3) is 0.294. The van der Waals surface area contributed by atoms with Crippen molar-refractivity contribution in [1.82, 2.24) is 5.32 Å². The summed E-state index contributed by atoms with van der Waals surface area (Å²) in [7, 11) is 0. The van der Waals surface area contributed by atoms with Crippen molar-refractivity contribution in [2.75, 3.05) is 6.54 Å². The van der Waals surface area contributed by atoms with Gasteiger partial charge in [-0.05, 0) is 42.8 Å². The van der Waals surface area contributed by atoms with Crippen LogP contribution in [0.4, 0.5) is 0 Å². The van der Waals surface area contributed by atoms with Gasteiger partial charge in [0.05, 0.1) is 0 Å². The second-order valence-corrected chi connectivity index (χ2v) is 6.65. The van der Waals surface area contributed by atoms with Crippen molar-refractivity contribution in [3.63, 3.8) is 0 Å². The Balaban J connectivity index is 2.27. The van der Waals surface area contributed by atoms with Crippen LogP contribution >= 0.6 is 27.7 Å². The van der Waals surface area contributed by atoms with Crippen LogP contribution < -0.4 is 5.32 Å². The number of hydrogen-bond acceptors (Lipinski definition) is 2. The van der Waals surface area contributed by atoms with Crippen LogP contribution in [-0.4, -0.2) is 6.54 Å². The molecule has 0 amide bonds. The molecule has 2 aromatic carbocycles. The number of rotatable bonds is 6. The van der Waals surface area contributed by atoms with Gasteiger partial charge in [0.2, 0.25) is 0 Å². The van der Waals surface area contributed by atoms with Gasteiger partial charge in [-0.2, -0.15) is 0 Å². The summed E-state index contributed by atoms with van der Waals surface area (Å²) in [5.41, 5.74) is 1.39. The molecule has 3 heteroatoms. The lowest BCUT2D eigenvalue weighted by molar-refractivity contribution is 0.530. The van der Waals surface area contributed by atoms with Gasteiger partial charge in [-0.1, -0.05) is 65.8 Å². The molecule has 0 aliphatic rings. The van der Waals surface area contributed by atoms with E-state index in [2.05, 4.69) is 83.6 Å². The fourth-order valence-corrected chi connectivity index (χ4v) is 3.85. The van der Waals surface area contributed by atoms with E-state index in [-0.39, 0.29) is 0 Å². The van der Waals surface area contributed by atoms with E-state index in [0.29, 0.717) is 6.04 Å². The molecule has 106 valence electrons. The second-order valence-electron chi connectivity index (χ2n) is 4.62. The zero-order valence-corrected chi connectivity index (χ0v) is 14.3. The summed E-state index contributed by atoms with van der Waals surface area (Å²) < 4.78 is 1.12. The minimum absolute atomic E-state index is 0.427. The Kier molecular flexibility index (Phi) is 6.14. The Hall–Kier alpha value is -0.770. The third kappa shape index (κ3) is 4.11. The summed E-state index contributed by atoms with van der Waals surface area (Å²) in [6.07, 6.45) is 1.10. The molecule has 0 bridgehead atoms. The van der Waals surface area contributed by atoms with Crippen molar-refractivity contribution in [3.8, 4) is 0 Å². The Morgan fingerprint density at radius 3 is 2.60 bits per heavy atom. The van der Waals surface area contributed by atoms with Crippen molar-refractivity contribution in [1.29, 1.82) is 0 Å². The SMILES string of the molecule is CCNC(CC)c1ccccc1Sc1cccc(Br)c1. The van der Waals surface area contributed by atoms with E-state index in [0.717, 1.165) is 17.4 Å². The minimum Gasteiger partial charge on any atom is -0.310 e. The maximum atomic E-state index is 3.56. The summed E-state index contributed by atoms with van der Waals surface area (Å²) in [5.74, 6) is 0. The molecule has 2 rings (SSSR count). The van der Waals surface area contributed by atoms with Gasteiger partial charge in [-0.15, -0.1) is 0 Å². The van der Waals surface area contributed by atoms with Crippen molar-refractivity contribution in [3.05, 3.63) is 58.6 Å². The van der Waals surface area contributed by atoms with Crippen LogP contribution in [0.3, 0.4) is 0 Å². The summed E-state index contributed by atoms with van der Waals surface area (Å²) in [5, 5.41) is 3.56. The Labute approximate surface area is 134 Å². The normalized spacial score (nSPS) is 12.3. The Bertz CT molecular complexity index is 556. The second kappa shape index (κ2) is 7.87. The largest absolute Gasteiger partial charge is 0.310 e. The highest BCUT2D eigenvalue weighted by atomic mass is 79.9. The van der Waals surface area contributed by atoms with Crippen molar-refractivity contribution in [2.45, 2.75) is 36.1 Å². The third-order valence-corrected chi connectivity index (χ3v) is 4.75. The molecule has 0 spiro atoms. The van der Waals surface area contributed by atoms with Crippen LogP contribution in [0, 0.1) is 0 Å². The summed E-state index contributed by atoms with van der Waals surface area (Å²) >= 11 is 5.36. The van der Waals surface area contributed by atoms with Gasteiger partial charge in [-0.3, -0.25) is 0 Å². The van der Waals surface area contributed by atoms with E-state index in [4.69, 9.17) is 0 Å². The van der Waals surface area contributed by atoms with Crippen molar-refractivity contribution < 1.29 is 0 Å². The van der Waals surface area contributed by atoms with Gasteiger partial charge in [0, 0.05) is 20.3 Å². The summed E-state index contributed by atoms with van der Waals surface area (Å²) in [6, 6.07) is 17.6. The molecule has 0 aliphatic carbocycles. The average molecular weight is 350 g/mol. The number of nitrogens with one attached hydrogen (secondary N) is 1. The molecule has 1 atom stereocenters. The first-order valence-electron chi connectivity index (χ1n) is 7.00. The topological polar surface area (TPSA) is 12.0 Å². The molecule has 0 saturated heterocycles. The van der Waals surface area contributed by atoms with E-state index in [1.165, 1.54) is 15.4 Å².